The number of benzene rings is 1. The minimum Gasteiger partial charge on any atom is -0.314 e. The molecule has 0 radical (unpaired) electrons. The van der Waals surface area contributed by atoms with Crippen molar-refractivity contribution in [3.05, 3.63) is 35.4 Å². The Morgan fingerprint density at radius 3 is 2.38 bits per heavy atom. The van der Waals surface area contributed by atoms with Crippen LogP contribution in [0.2, 0.25) is 0 Å². The average molecular weight is 290 g/mol. The molecule has 1 atom stereocenters. The number of hydrogen-bond acceptors (Lipinski definition) is 1. The van der Waals surface area contributed by atoms with E-state index >= 15 is 0 Å². The molecule has 1 aromatic rings. The minimum absolute atomic E-state index is 0.571. The zero-order chi connectivity index (χ0) is 15.5. The summed E-state index contributed by atoms with van der Waals surface area (Å²) in [6.07, 6.45) is 9.63. The maximum atomic E-state index is 3.62. The lowest BCUT2D eigenvalue weighted by Crippen LogP contribution is -2.28. The van der Waals surface area contributed by atoms with Crippen LogP contribution in [0.3, 0.4) is 0 Å². The van der Waals surface area contributed by atoms with Gasteiger partial charge in [0.2, 0.25) is 0 Å². The predicted molar refractivity (Wildman–Crippen MR) is 95.1 cm³/mol. The lowest BCUT2D eigenvalue weighted by molar-refractivity contribution is 0.482. The van der Waals surface area contributed by atoms with E-state index in [9.17, 15) is 0 Å². The molecule has 1 N–H and O–H groups in total. The second kappa shape index (κ2) is 10.8. The van der Waals surface area contributed by atoms with Gasteiger partial charge in [0, 0.05) is 12.6 Å². The van der Waals surface area contributed by atoms with E-state index in [0.717, 1.165) is 6.54 Å². The first-order valence-electron chi connectivity index (χ1n) is 8.93. The van der Waals surface area contributed by atoms with Gasteiger partial charge in [-0.05, 0) is 24.8 Å². The van der Waals surface area contributed by atoms with Gasteiger partial charge in [0.05, 0.1) is 0 Å². The molecule has 0 saturated heterocycles. The Kier molecular flexibility index (Phi) is 9.41. The van der Waals surface area contributed by atoms with Crippen LogP contribution in [0.15, 0.2) is 24.3 Å². The Morgan fingerprint density at radius 1 is 1.00 bits per heavy atom. The summed E-state index contributed by atoms with van der Waals surface area (Å²) in [6, 6.07) is 9.64. The molecular weight excluding hydrogens is 254 g/mol. The molecule has 0 aliphatic heterocycles. The fourth-order valence-electron chi connectivity index (χ4n) is 2.86. The number of hydrogen-bond donors (Lipinski definition) is 1. The SMILES string of the molecule is CCCCCCCCC(CNC(C)C)c1cccc(C)c1. The molecule has 1 aromatic carbocycles. The highest BCUT2D eigenvalue weighted by atomic mass is 14.9. The van der Waals surface area contributed by atoms with Crippen molar-refractivity contribution >= 4 is 0 Å². The molecule has 1 unspecified atom stereocenters. The van der Waals surface area contributed by atoms with E-state index in [0.29, 0.717) is 12.0 Å². The topological polar surface area (TPSA) is 12.0 Å². The second-order valence-electron chi connectivity index (χ2n) is 6.73. The Hall–Kier alpha value is -0.820. The molecule has 0 saturated carbocycles. The number of rotatable bonds is 11. The van der Waals surface area contributed by atoms with E-state index in [2.05, 4.69) is 57.3 Å². The van der Waals surface area contributed by atoms with Gasteiger partial charge >= 0.3 is 0 Å². The molecule has 0 fully saturated rings. The smallest absolute Gasteiger partial charge is 0.00225 e. The van der Waals surface area contributed by atoms with Crippen molar-refractivity contribution in [1.29, 1.82) is 0 Å². The van der Waals surface area contributed by atoms with Crippen molar-refractivity contribution in [3.63, 3.8) is 0 Å². The zero-order valence-electron chi connectivity index (χ0n) is 14.6. The zero-order valence-corrected chi connectivity index (χ0v) is 14.6. The molecule has 0 aliphatic rings. The first kappa shape index (κ1) is 18.2. The summed E-state index contributed by atoms with van der Waals surface area (Å²) < 4.78 is 0. The van der Waals surface area contributed by atoms with Crippen molar-refractivity contribution in [2.24, 2.45) is 0 Å². The number of aryl methyl sites for hydroxylation is 1. The quantitative estimate of drug-likeness (QED) is 0.506. The van der Waals surface area contributed by atoms with E-state index in [1.165, 1.54) is 56.1 Å². The van der Waals surface area contributed by atoms with E-state index < -0.39 is 0 Å². The third-order valence-corrected chi connectivity index (χ3v) is 4.19. The van der Waals surface area contributed by atoms with Crippen molar-refractivity contribution in [3.8, 4) is 0 Å². The minimum atomic E-state index is 0.571. The first-order chi connectivity index (χ1) is 10.1. The molecule has 0 bridgehead atoms. The Balaban J connectivity index is 2.45. The van der Waals surface area contributed by atoms with Gasteiger partial charge in [0.25, 0.3) is 0 Å². The van der Waals surface area contributed by atoms with E-state index in [1.54, 1.807) is 0 Å². The Morgan fingerprint density at radius 2 is 1.71 bits per heavy atom. The van der Waals surface area contributed by atoms with Crippen molar-refractivity contribution < 1.29 is 0 Å². The standard InChI is InChI=1S/C20H35N/c1-5-6-7-8-9-10-13-20(16-21-17(2)3)19-14-11-12-18(4)15-19/h11-12,14-15,17,20-21H,5-10,13,16H2,1-4H3. The van der Waals surface area contributed by atoms with Gasteiger partial charge in [-0.2, -0.15) is 0 Å². The molecule has 0 amide bonds. The number of nitrogens with one attached hydrogen (secondary N) is 1. The van der Waals surface area contributed by atoms with Gasteiger partial charge in [0.15, 0.2) is 0 Å². The maximum absolute atomic E-state index is 3.62. The van der Waals surface area contributed by atoms with Gasteiger partial charge in [-0.3, -0.25) is 0 Å². The van der Waals surface area contributed by atoms with Crippen LogP contribution in [0.5, 0.6) is 0 Å². The lowest BCUT2D eigenvalue weighted by Gasteiger charge is -2.20. The monoisotopic (exact) mass is 289 g/mol. The maximum Gasteiger partial charge on any atom is 0.00225 e. The Bertz CT molecular complexity index is 370. The van der Waals surface area contributed by atoms with Crippen LogP contribution in [-0.4, -0.2) is 12.6 Å². The van der Waals surface area contributed by atoms with Crippen LogP contribution >= 0.6 is 0 Å². The highest BCUT2D eigenvalue weighted by molar-refractivity contribution is 5.25. The van der Waals surface area contributed by atoms with Gasteiger partial charge in [-0.1, -0.05) is 89.1 Å². The molecule has 1 heteroatoms. The summed E-state index contributed by atoms with van der Waals surface area (Å²) in [4.78, 5) is 0. The summed E-state index contributed by atoms with van der Waals surface area (Å²) in [5.41, 5.74) is 2.89. The van der Waals surface area contributed by atoms with Crippen LogP contribution in [0.25, 0.3) is 0 Å². The summed E-state index contributed by atoms with van der Waals surface area (Å²) in [7, 11) is 0. The first-order valence-corrected chi connectivity index (χ1v) is 8.93. The van der Waals surface area contributed by atoms with Gasteiger partial charge in [-0.25, -0.2) is 0 Å². The molecule has 21 heavy (non-hydrogen) atoms. The van der Waals surface area contributed by atoms with Crippen molar-refractivity contribution in [2.45, 2.75) is 84.6 Å². The van der Waals surface area contributed by atoms with Gasteiger partial charge < -0.3 is 5.32 Å². The Labute approximate surface area is 132 Å². The van der Waals surface area contributed by atoms with Gasteiger partial charge in [0.1, 0.15) is 0 Å². The molecule has 0 heterocycles. The molecule has 0 aliphatic carbocycles. The normalized spacial score (nSPS) is 12.8. The molecule has 0 aromatic heterocycles. The highest BCUT2D eigenvalue weighted by Gasteiger charge is 2.12. The van der Waals surface area contributed by atoms with Crippen LogP contribution in [0.1, 0.15) is 82.8 Å². The molecular formula is C20H35N. The predicted octanol–water partition coefficient (Wildman–Crippen LogP) is 5.83. The van der Waals surface area contributed by atoms with Gasteiger partial charge in [-0.15, -0.1) is 0 Å². The highest BCUT2D eigenvalue weighted by Crippen LogP contribution is 2.23. The van der Waals surface area contributed by atoms with Crippen LogP contribution in [0, 0.1) is 6.92 Å². The fraction of sp³-hybridized carbons (Fsp3) is 0.700. The third kappa shape index (κ3) is 8.26. The summed E-state index contributed by atoms with van der Waals surface area (Å²) >= 11 is 0. The lowest BCUT2D eigenvalue weighted by atomic mass is 9.91. The summed E-state index contributed by atoms with van der Waals surface area (Å²) in [5.74, 6) is 0.665. The molecule has 1 rings (SSSR count). The second-order valence-corrected chi connectivity index (χ2v) is 6.73. The van der Waals surface area contributed by atoms with E-state index in [4.69, 9.17) is 0 Å². The summed E-state index contributed by atoms with van der Waals surface area (Å²) in [6.45, 7) is 10.1. The fourth-order valence-corrected chi connectivity index (χ4v) is 2.86. The van der Waals surface area contributed by atoms with E-state index in [1.807, 2.05) is 0 Å². The third-order valence-electron chi connectivity index (χ3n) is 4.19. The van der Waals surface area contributed by atoms with Crippen LogP contribution < -0.4 is 5.32 Å². The molecule has 120 valence electrons. The van der Waals surface area contributed by atoms with Crippen LogP contribution in [-0.2, 0) is 0 Å². The largest absolute Gasteiger partial charge is 0.314 e. The molecule has 0 spiro atoms. The average Bonchev–Trinajstić information content (AvgIpc) is 2.45. The van der Waals surface area contributed by atoms with E-state index in [-0.39, 0.29) is 0 Å². The van der Waals surface area contributed by atoms with Crippen molar-refractivity contribution in [1.82, 2.24) is 5.32 Å². The summed E-state index contributed by atoms with van der Waals surface area (Å²) in [5, 5.41) is 3.62. The number of unbranched alkanes of at least 4 members (excludes halogenated alkanes) is 5. The molecule has 1 nitrogen and oxygen atoms in total. The van der Waals surface area contributed by atoms with Crippen LogP contribution in [0.4, 0.5) is 0 Å². The van der Waals surface area contributed by atoms with Crippen molar-refractivity contribution in [2.75, 3.05) is 6.54 Å².